The van der Waals surface area contributed by atoms with Crippen molar-refractivity contribution in [2.24, 2.45) is 5.84 Å². The molecule has 4 nitrogen and oxygen atoms in total. The number of hydrazine groups is 1. The summed E-state index contributed by atoms with van der Waals surface area (Å²) in [5, 5.41) is 0. The molecule has 1 amide bonds. The van der Waals surface area contributed by atoms with Gasteiger partial charge in [-0.25, -0.2) is 5.84 Å². The SMILES string of the molecule is NNC(=O)c1ccncc1.[Cl-].[Cl-].[Mg+2]. The molecule has 1 heterocycles. The molecule has 0 radical (unpaired) electrons. The molecule has 0 saturated carbocycles. The Labute approximate surface area is 105 Å². The van der Waals surface area contributed by atoms with Gasteiger partial charge in [-0.05, 0) is 12.1 Å². The summed E-state index contributed by atoms with van der Waals surface area (Å²) in [6.07, 6.45) is 3.06. The summed E-state index contributed by atoms with van der Waals surface area (Å²) in [6.45, 7) is 0. The Balaban J connectivity index is -0.000000333. The Morgan fingerprint density at radius 2 is 1.77 bits per heavy atom. The van der Waals surface area contributed by atoms with Gasteiger partial charge in [-0.1, -0.05) is 0 Å². The van der Waals surface area contributed by atoms with E-state index in [1.165, 1.54) is 12.4 Å². The van der Waals surface area contributed by atoms with Crippen LogP contribution in [0.3, 0.4) is 0 Å². The van der Waals surface area contributed by atoms with Gasteiger partial charge in [0.15, 0.2) is 0 Å². The van der Waals surface area contributed by atoms with Crippen LogP contribution >= 0.6 is 0 Å². The molecule has 7 heteroatoms. The van der Waals surface area contributed by atoms with Gasteiger partial charge in [0.2, 0.25) is 0 Å². The van der Waals surface area contributed by atoms with E-state index in [4.69, 9.17) is 5.84 Å². The fraction of sp³-hybridized carbons (Fsp3) is 0. The second-order valence-electron chi connectivity index (χ2n) is 1.71. The number of nitrogens with zero attached hydrogens (tertiary/aromatic N) is 1. The summed E-state index contributed by atoms with van der Waals surface area (Å²) in [7, 11) is 0. The summed E-state index contributed by atoms with van der Waals surface area (Å²) in [4.78, 5) is 14.5. The zero-order valence-electron chi connectivity index (χ0n) is 6.71. The van der Waals surface area contributed by atoms with E-state index in [0.717, 1.165) is 0 Å². The number of pyridine rings is 1. The Bertz CT molecular complexity index is 235. The van der Waals surface area contributed by atoms with Crippen molar-refractivity contribution in [3.05, 3.63) is 30.1 Å². The third kappa shape index (κ3) is 6.06. The van der Waals surface area contributed by atoms with Gasteiger partial charge in [-0.15, -0.1) is 0 Å². The van der Waals surface area contributed by atoms with E-state index in [2.05, 4.69) is 4.98 Å². The second kappa shape index (κ2) is 10.0. The molecule has 0 aliphatic rings. The molecule has 0 unspecified atom stereocenters. The van der Waals surface area contributed by atoms with Crippen LogP contribution in [-0.2, 0) is 0 Å². The second-order valence-corrected chi connectivity index (χ2v) is 1.71. The van der Waals surface area contributed by atoms with E-state index in [1.807, 2.05) is 5.43 Å². The first kappa shape index (κ1) is 18.7. The van der Waals surface area contributed by atoms with Gasteiger partial charge >= 0.3 is 23.1 Å². The van der Waals surface area contributed by atoms with Crippen molar-refractivity contribution in [3.63, 3.8) is 0 Å². The molecule has 3 N–H and O–H groups in total. The summed E-state index contributed by atoms with van der Waals surface area (Å²) < 4.78 is 0. The van der Waals surface area contributed by atoms with E-state index in [0.29, 0.717) is 5.56 Å². The molecule has 13 heavy (non-hydrogen) atoms. The van der Waals surface area contributed by atoms with Gasteiger partial charge in [-0.3, -0.25) is 15.2 Å². The van der Waals surface area contributed by atoms with Gasteiger partial charge < -0.3 is 24.8 Å². The van der Waals surface area contributed by atoms with Crippen molar-refractivity contribution < 1.29 is 29.6 Å². The maximum atomic E-state index is 10.7. The van der Waals surface area contributed by atoms with Crippen LogP contribution in [0.25, 0.3) is 0 Å². The Morgan fingerprint density at radius 3 is 2.15 bits per heavy atom. The molecule has 1 aromatic rings. The van der Waals surface area contributed by atoms with E-state index in [9.17, 15) is 4.79 Å². The normalized spacial score (nSPS) is 6.85. The molecule has 0 saturated heterocycles. The van der Waals surface area contributed by atoms with Crippen molar-refractivity contribution in [2.45, 2.75) is 0 Å². The fourth-order valence-corrected chi connectivity index (χ4v) is 0.587. The third-order valence-corrected chi connectivity index (χ3v) is 1.07. The summed E-state index contributed by atoms with van der Waals surface area (Å²) in [5.74, 6) is 4.58. The Hall–Kier alpha value is -0.0738. The first-order chi connectivity index (χ1) is 4.84. The minimum Gasteiger partial charge on any atom is -1.00 e. The monoisotopic (exact) mass is 231 g/mol. The predicted molar refractivity (Wildman–Crippen MR) is 41.6 cm³/mol. The van der Waals surface area contributed by atoms with Crippen LogP contribution in [0.1, 0.15) is 10.4 Å². The number of halogens is 2. The molecule has 1 rings (SSSR count). The molecule has 1 aromatic heterocycles. The number of carbonyl (C=O) groups is 1. The molecule has 0 aliphatic carbocycles. The molecule has 0 bridgehead atoms. The van der Waals surface area contributed by atoms with Crippen molar-refractivity contribution in [1.29, 1.82) is 0 Å². The van der Waals surface area contributed by atoms with E-state index in [-0.39, 0.29) is 53.8 Å². The first-order valence-electron chi connectivity index (χ1n) is 2.75. The summed E-state index contributed by atoms with van der Waals surface area (Å²) in [5.41, 5.74) is 2.53. The largest absolute Gasteiger partial charge is 2.00 e. The van der Waals surface area contributed by atoms with Gasteiger partial charge in [0.25, 0.3) is 5.91 Å². The van der Waals surface area contributed by atoms with Crippen molar-refractivity contribution >= 4 is 29.0 Å². The van der Waals surface area contributed by atoms with E-state index >= 15 is 0 Å². The van der Waals surface area contributed by atoms with E-state index in [1.54, 1.807) is 12.1 Å². The molecular formula is C6H7Cl2MgN3O. The zero-order chi connectivity index (χ0) is 7.40. The van der Waals surface area contributed by atoms with Crippen LogP contribution < -0.4 is 36.1 Å². The van der Waals surface area contributed by atoms with Gasteiger partial charge in [0.1, 0.15) is 0 Å². The van der Waals surface area contributed by atoms with Crippen LogP contribution in [-0.4, -0.2) is 33.9 Å². The van der Waals surface area contributed by atoms with Crippen molar-refractivity contribution in [3.8, 4) is 0 Å². The van der Waals surface area contributed by atoms with E-state index < -0.39 is 0 Å². The number of nitrogens with two attached hydrogens (primary N) is 1. The van der Waals surface area contributed by atoms with Crippen LogP contribution in [0.5, 0.6) is 0 Å². The fourth-order valence-electron chi connectivity index (χ4n) is 0.587. The standard InChI is InChI=1S/C6H7N3O.2ClH.Mg/c7-9-6(10)5-1-3-8-4-2-5;;;/h1-4H,7H2,(H,9,10);2*1H;/q;;;+2/p-2. The predicted octanol–water partition coefficient (Wildman–Crippen LogP) is -6.69. The van der Waals surface area contributed by atoms with Crippen molar-refractivity contribution in [2.75, 3.05) is 0 Å². The molecule has 0 fully saturated rings. The first-order valence-corrected chi connectivity index (χ1v) is 2.75. The van der Waals surface area contributed by atoms with Gasteiger partial charge in [0.05, 0.1) is 0 Å². The number of nitrogens with one attached hydrogen (secondary N) is 1. The molecule has 0 spiro atoms. The third-order valence-electron chi connectivity index (χ3n) is 1.07. The zero-order valence-corrected chi connectivity index (χ0v) is 9.63. The number of hydrogen-bond donors (Lipinski definition) is 2. The van der Waals surface area contributed by atoms with Crippen LogP contribution in [0.4, 0.5) is 0 Å². The van der Waals surface area contributed by atoms with Gasteiger partial charge in [-0.2, -0.15) is 0 Å². The van der Waals surface area contributed by atoms with Crippen LogP contribution in [0.15, 0.2) is 24.5 Å². The minimum absolute atomic E-state index is 0. The molecule has 0 aromatic carbocycles. The number of hydrogen-bond acceptors (Lipinski definition) is 3. The molecule has 0 aliphatic heterocycles. The summed E-state index contributed by atoms with van der Waals surface area (Å²) in [6, 6.07) is 3.17. The summed E-state index contributed by atoms with van der Waals surface area (Å²) >= 11 is 0. The Kier molecular flexibility index (Phi) is 14.4. The minimum atomic E-state index is -0.303. The maximum absolute atomic E-state index is 10.7. The molecular weight excluding hydrogens is 225 g/mol. The van der Waals surface area contributed by atoms with Crippen LogP contribution in [0.2, 0.25) is 0 Å². The topological polar surface area (TPSA) is 68.0 Å². The number of rotatable bonds is 1. The average molecular weight is 232 g/mol. The molecule has 0 atom stereocenters. The number of aromatic nitrogens is 1. The number of carbonyl (C=O) groups excluding carboxylic acids is 1. The van der Waals surface area contributed by atoms with Crippen molar-refractivity contribution in [1.82, 2.24) is 10.4 Å². The Morgan fingerprint density at radius 1 is 1.31 bits per heavy atom. The van der Waals surface area contributed by atoms with Crippen LogP contribution in [0, 0.1) is 0 Å². The average Bonchev–Trinajstić information content (AvgIpc) is 2.05. The number of nitrogen functional groups attached to an aromatic ring is 1. The number of amides is 1. The van der Waals surface area contributed by atoms with Gasteiger partial charge in [0, 0.05) is 18.0 Å². The smallest absolute Gasteiger partial charge is 1.00 e. The molecule has 68 valence electrons. The quantitative estimate of drug-likeness (QED) is 0.219. The maximum Gasteiger partial charge on any atom is 2.00 e.